The Hall–Kier alpha value is -1.67. The lowest BCUT2D eigenvalue weighted by molar-refractivity contribution is -0.118. The highest BCUT2D eigenvalue weighted by Crippen LogP contribution is 2.21. The van der Waals surface area contributed by atoms with Gasteiger partial charge in [-0.2, -0.15) is 0 Å². The summed E-state index contributed by atoms with van der Waals surface area (Å²) in [6.07, 6.45) is 0. The summed E-state index contributed by atoms with van der Waals surface area (Å²) < 4.78 is 39.5. The van der Waals surface area contributed by atoms with Crippen LogP contribution in [0.1, 0.15) is 12.5 Å². The Morgan fingerprint density at radius 1 is 1.37 bits per heavy atom. The van der Waals surface area contributed by atoms with Gasteiger partial charge < -0.3 is 11.1 Å². The summed E-state index contributed by atoms with van der Waals surface area (Å²) in [5.74, 6) is -1.14. The number of hydrogen-bond donors (Lipinski definition) is 3. The molecule has 0 aliphatic heterocycles. The van der Waals surface area contributed by atoms with E-state index in [9.17, 15) is 17.6 Å². The van der Waals surface area contributed by atoms with Gasteiger partial charge in [0.1, 0.15) is 10.7 Å². The number of carbonyl (C=O) groups is 1. The van der Waals surface area contributed by atoms with Crippen molar-refractivity contribution >= 4 is 21.6 Å². The Kier molecular flexibility index (Phi) is 4.84. The quantitative estimate of drug-likeness (QED) is 0.530. The number of rotatable bonds is 5. The lowest BCUT2D eigenvalue weighted by atomic mass is 10.2. The molecule has 0 saturated carbocycles. The van der Waals surface area contributed by atoms with Crippen molar-refractivity contribution < 1.29 is 17.6 Å². The Bertz CT molecular complexity index is 587. The van der Waals surface area contributed by atoms with E-state index in [1.165, 1.54) is 6.92 Å². The average molecular weight is 289 g/mol. The normalized spacial score (nSPS) is 11.3. The molecule has 0 aliphatic rings. The van der Waals surface area contributed by atoms with Gasteiger partial charge in [-0.05, 0) is 24.6 Å². The van der Waals surface area contributed by atoms with E-state index in [1.807, 2.05) is 0 Å². The highest BCUT2D eigenvalue weighted by Gasteiger charge is 2.19. The number of aryl methyl sites for hydroxylation is 1. The van der Waals surface area contributed by atoms with Crippen LogP contribution in [0, 0.1) is 12.7 Å². The van der Waals surface area contributed by atoms with Gasteiger partial charge in [-0.15, -0.1) is 0 Å². The molecular formula is C11H16FN3O3S. The average Bonchev–Trinajstić information content (AvgIpc) is 2.29. The van der Waals surface area contributed by atoms with Gasteiger partial charge >= 0.3 is 0 Å². The third-order valence-electron chi connectivity index (χ3n) is 2.40. The molecule has 1 amide bonds. The first kappa shape index (κ1) is 15.4. The summed E-state index contributed by atoms with van der Waals surface area (Å²) in [5, 5.41) is 2.42. The standard InChI is InChI=1S/C11H16FN3O3S/c1-7-5-9(12)11(6-10(7)13)19(17,18)15-4-3-14-8(2)16/h5-6,15H,3-4,13H2,1-2H3,(H,14,16). The number of anilines is 1. The van der Waals surface area contributed by atoms with Crippen molar-refractivity contribution in [3.05, 3.63) is 23.5 Å². The van der Waals surface area contributed by atoms with Gasteiger partial charge in [-0.3, -0.25) is 4.79 Å². The van der Waals surface area contributed by atoms with E-state index >= 15 is 0 Å². The van der Waals surface area contributed by atoms with Gasteiger partial charge in [0.25, 0.3) is 0 Å². The molecule has 0 unspecified atom stereocenters. The Balaban J connectivity index is 2.83. The molecule has 0 atom stereocenters. The van der Waals surface area contributed by atoms with Gasteiger partial charge in [0.15, 0.2) is 0 Å². The molecule has 0 radical (unpaired) electrons. The maximum absolute atomic E-state index is 13.6. The maximum Gasteiger partial charge on any atom is 0.243 e. The molecule has 1 rings (SSSR count). The molecule has 0 fully saturated rings. The molecule has 1 aromatic carbocycles. The highest BCUT2D eigenvalue weighted by molar-refractivity contribution is 7.89. The van der Waals surface area contributed by atoms with Crippen LogP contribution in [0.5, 0.6) is 0 Å². The van der Waals surface area contributed by atoms with E-state index in [4.69, 9.17) is 5.73 Å². The topological polar surface area (TPSA) is 101 Å². The first-order valence-electron chi connectivity index (χ1n) is 5.54. The number of carbonyl (C=O) groups excluding carboxylic acids is 1. The Labute approximate surface area is 111 Å². The summed E-state index contributed by atoms with van der Waals surface area (Å²) in [5.41, 5.74) is 6.23. The number of hydrogen-bond acceptors (Lipinski definition) is 4. The van der Waals surface area contributed by atoms with Crippen molar-refractivity contribution in [2.45, 2.75) is 18.7 Å². The second-order valence-electron chi connectivity index (χ2n) is 4.02. The predicted molar refractivity (Wildman–Crippen MR) is 69.4 cm³/mol. The molecule has 0 bridgehead atoms. The highest BCUT2D eigenvalue weighted by atomic mass is 32.2. The van der Waals surface area contributed by atoms with Crippen LogP contribution in [0.2, 0.25) is 0 Å². The van der Waals surface area contributed by atoms with E-state index in [0.717, 1.165) is 12.1 Å². The predicted octanol–water partition coefficient (Wildman–Crippen LogP) is 0.131. The SMILES string of the molecule is CC(=O)NCCNS(=O)(=O)c1cc(N)c(C)cc1F. The van der Waals surface area contributed by atoms with Gasteiger partial charge in [0.2, 0.25) is 15.9 Å². The lowest BCUT2D eigenvalue weighted by Gasteiger charge is -2.10. The fourth-order valence-corrected chi connectivity index (χ4v) is 2.50. The zero-order valence-corrected chi connectivity index (χ0v) is 11.5. The van der Waals surface area contributed by atoms with Gasteiger partial charge in [0, 0.05) is 25.7 Å². The van der Waals surface area contributed by atoms with Gasteiger partial charge in [-0.1, -0.05) is 0 Å². The number of amides is 1. The van der Waals surface area contributed by atoms with Crippen LogP contribution in [0.3, 0.4) is 0 Å². The van der Waals surface area contributed by atoms with Crippen LogP contribution in [-0.4, -0.2) is 27.4 Å². The summed E-state index contributed by atoms with van der Waals surface area (Å²) in [6.45, 7) is 2.99. The summed E-state index contributed by atoms with van der Waals surface area (Å²) >= 11 is 0. The fourth-order valence-electron chi connectivity index (χ4n) is 1.38. The molecular weight excluding hydrogens is 273 g/mol. The largest absolute Gasteiger partial charge is 0.398 e. The number of halogens is 1. The number of benzene rings is 1. The van der Waals surface area contributed by atoms with Crippen LogP contribution in [0.15, 0.2) is 17.0 Å². The first-order chi connectivity index (χ1) is 8.74. The molecule has 0 spiro atoms. The van der Waals surface area contributed by atoms with E-state index in [0.29, 0.717) is 5.56 Å². The number of nitrogen functional groups attached to an aromatic ring is 1. The van der Waals surface area contributed by atoms with Crippen LogP contribution in [0.25, 0.3) is 0 Å². The van der Waals surface area contributed by atoms with E-state index in [-0.39, 0.29) is 24.7 Å². The smallest absolute Gasteiger partial charge is 0.243 e. The summed E-state index contributed by atoms with van der Waals surface area (Å²) in [6, 6.07) is 2.14. The van der Waals surface area contributed by atoms with Crippen LogP contribution >= 0.6 is 0 Å². The van der Waals surface area contributed by atoms with E-state index < -0.39 is 20.7 Å². The molecule has 4 N–H and O–H groups in total. The summed E-state index contributed by atoms with van der Waals surface area (Å²) in [4.78, 5) is 10.1. The minimum absolute atomic E-state index is 0.0326. The first-order valence-corrected chi connectivity index (χ1v) is 7.02. The van der Waals surface area contributed by atoms with Crippen molar-refractivity contribution in [3.8, 4) is 0 Å². The van der Waals surface area contributed by atoms with Gasteiger partial charge in [-0.25, -0.2) is 17.5 Å². The Morgan fingerprint density at radius 3 is 2.58 bits per heavy atom. The molecule has 1 aromatic rings. The lowest BCUT2D eigenvalue weighted by Crippen LogP contribution is -2.34. The number of sulfonamides is 1. The van der Waals surface area contributed by atoms with Crippen molar-refractivity contribution in [2.75, 3.05) is 18.8 Å². The third-order valence-corrected chi connectivity index (χ3v) is 3.88. The molecule has 0 aliphatic carbocycles. The van der Waals surface area contributed by atoms with E-state index in [2.05, 4.69) is 10.0 Å². The minimum Gasteiger partial charge on any atom is -0.398 e. The second kappa shape index (κ2) is 5.98. The molecule has 19 heavy (non-hydrogen) atoms. The third kappa shape index (κ3) is 4.18. The molecule has 0 saturated heterocycles. The molecule has 6 nitrogen and oxygen atoms in total. The minimum atomic E-state index is -3.98. The molecule has 8 heteroatoms. The maximum atomic E-state index is 13.6. The number of nitrogens with two attached hydrogens (primary N) is 1. The zero-order valence-electron chi connectivity index (χ0n) is 10.7. The van der Waals surface area contributed by atoms with Gasteiger partial charge in [0.05, 0.1) is 0 Å². The van der Waals surface area contributed by atoms with Crippen molar-refractivity contribution in [1.29, 1.82) is 0 Å². The summed E-state index contributed by atoms with van der Waals surface area (Å²) in [7, 11) is -3.98. The Morgan fingerprint density at radius 2 is 2.00 bits per heavy atom. The van der Waals surface area contributed by atoms with Crippen LogP contribution in [-0.2, 0) is 14.8 Å². The monoisotopic (exact) mass is 289 g/mol. The van der Waals surface area contributed by atoms with Crippen molar-refractivity contribution in [3.63, 3.8) is 0 Å². The van der Waals surface area contributed by atoms with Crippen molar-refractivity contribution in [2.24, 2.45) is 0 Å². The van der Waals surface area contributed by atoms with Crippen LogP contribution in [0.4, 0.5) is 10.1 Å². The zero-order chi connectivity index (χ0) is 14.6. The fraction of sp³-hybridized carbons (Fsp3) is 0.364. The second-order valence-corrected chi connectivity index (χ2v) is 5.76. The molecule has 106 valence electrons. The van der Waals surface area contributed by atoms with Crippen LogP contribution < -0.4 is 15.8 Å². The molecule has 0 heterocycles. The van der Waals surface area contributed by atoms with Crippen molar-refractivity contribution in [1.82, 2.24) is 10.0 Å². The van der Waals surface area contributed by atoms with E-state index in [1.54, 1.807) is 6.92 Å². The molecule has 0 aromatic heterocycles. The number of nitrogens with one attached hydrogen (secondary N) is 2.